The summed E-state index contributed by atoms with van der Waals surface area (Å²) in [5, 5.41) is 7.63. The molecule has 176 valence electrons. The van der Waals surface area contributed by atoms with Crippen LogP contribution in [0.4, 0.5) is 20.5 Å². The summed E-state index contributed by atoms with van der Waals surface area (Å²) in [7, 11) is 0. The Morgan fingerprint density at radius 1 is 1.12 bits per heavy atom. The predicted octanol–water partition coefficient (Wildman–Crippen LogP) is 6.25. The fraction of sp³-hybridized carbons (Fsp3) is 0.583. The van der Waals surface area contributed by atoms with Gasteiger partial charge in [-0.1, -0.05) is 13.8 Å². The number of hydrogen-bond donors (Lipinski definition) is 2. The zero-order valence-corrected chi connectivity index (χ0v) is 20.1. The van der Waals surface area contributed by atoms with Gasteiger partial charge in [-0.25, -0.2) is 18.7 Å². The van der Waals surface area contributed by atoms with Gasteiger partial charge in [0.2, 0.25) is 12.4 Å². The smallest absolute Gasteiger partial charge is 0.241 e. The Hall–Kier alpha value is -2.42. The standard InChI is InChI=1S/C24H30F2N6S/c1-12(2)11-28-24-29-13(3)18(22(32-24)30-16-7-6-15(10-16)21(25)26)23-31-20-17(33-23)8-9-27-19(20)14-4-5-14/h8-9,12,14-16,21H,4-7,10-11H2,1-3H3,(H2,28,29,30,32). The van der Waals surface area contributed by atoms with Gasteiger partial charge >= 0.3 is 0 Å². The molecule has 0 aromatic carbocycles. The summed E-state index contributed by atoms with van der Waals surface area (Å²) in [4.78, 5) is 19.1. The summed E-state index contributed by atoms with van der Waals surface area (Å²) in [5.74, 6) is 1.63. The lowest BCUT2D eigenvalue weighted by Crippen LogP contribution is -2.20. The summed E-state index contributed by atoms with van der Waals surface area (Å²) in [5.41, 5.74) is 3.72. The zero-order valence-electron chi connectivity index (χ0n) is 19.2. The molecule has 2 saturated carbocycles. The van der Waals surface area contributed by atoms with E-state index < -0.39 is 12.3 Å². The largest absolute Gasteiger partial charge is 0.367 e. The lowest BCUT2D eigenvalue weighted by Gasteiger charge is -2.19. The molecule has 0 bridgehead atoms. The van der Waals surface area contributed by atoms with Gasteiger partial charge in [0.25, 0.3) is 0 Å². The molecule has 0 aliphatic heterocycles. The molecule has 5 rings (SSSR count). The number of hydrogen-bond acceptors (Lipinski definition) is 7. The first kappa shape index (κ1) is 22.4. The van der Waals surface area contributed by atoms with Crippen molar-refractivity contribution in [1.29, 1.82) is 0 Å². The minimum atomic E-state index is -2.27. The molecule has 2 N–H and O–H groups in total. The van der Waals surface area contributed by atoms with Crippen LogP contribution in [-0.4, -0.2) is 38.9 Å². The number of pyridine rings is 1. The first-order chi connectivity index (χ1) is 15.9. The maximum atomic E-state index is 13.2. The molecular formula is C24H30F2N6S. The van der Waals surface area contributed by atoms with Crippen molar-refractivity contribution in [1.82, 2.24) is 19.9 Å². The van der Waals surface area contributed by atoms with E-state index in [0.29, 0.717) is 42.9 Å². The zero-order chi connectivity index (χ0) is 23.1. The highest BCUT2D eigenvalue weighted by atomic mass is 32.1. The summed E-state index contributed by atoms with van der Waals surface area (Å²) in [6.07, 6.45) is 3.61. The van der Waals surface area contributed by atoms with Crippen LogP contribution in [0, 0.1) is 18.8 Å². The van der Waals surface area contributed by atoms with Crippen molar-refractivity contribution in [3.05, 3.63) is 23.7 Å². The minimum Gasteiger partial charge on any atom is -0.367 e. The molecular weight excluding hydrogens is 442 g/mol. The van der Waals surface area contributed by atoms with Gasteiger partial charge in [0.1, 0.15) is 16.3 Å². The second-order valence-electron chi connectivity index (χ2n) is 9.72. The number of alkyl halides is 2. The van der Waals surface area contributed by atoms with Gasteiger partial charge in [0, 0.05) is 30.6 Å². The summed E-state index contributed by atoms with van der Waals surface area (Å²) in [6, 6.07) is 1.97. The van der Waals surface area contributed by atoms with Crippen molar-refractivity contribution in [2.75, 3.05) is 17.2 Å². The van der Waals surface area contributed by atoms with Gasteiger partial charge in [-0.2, -0.15) is 4.98 Å². The van der Waals surface area contributed by atoms with Crippen molar-refractivity contribution in [2.24, 2.45) is 11.8 Å². The third-order valence-corrected chi connectivity index (χ3v) is 7.48. The van der Waals surface area contributed by atoms with Crippen LogP contribution in [0.3, 0.4) is 0 Å². The molecule has 0 radical (unpaired) electrons. The van der Waals surface area contributed by atoms with Crippen LogP contribution in [0.1, 0.15) is 63.3 Å². The maximum absolute atomic E-state index is 13.2. The van der Waals surface area contributed by atoms with E-state index in [1.165, 1.54) is 0 Å². The highest BCUT2D eigenvalue weighted by Crippen LogP contribution is 2.44. The van der Waals surface area contributed by atoms with Gasteiger partial charge in [-0.3, -0.25) is 4.98 Å². The number of nitrogens with zero attached hydrogens (tertiary/aromatic N) is 4. The third kappa shape index (κ3) is 4.78. The number of aromatic nitrogens is 4. The van der Waals surface area contributed by atoms with E-state index in [2.05, 4.69) is 29.5 Å². The molecule has 33 heavy (non-hydrogen) atoms. The van der Waals surface area contributed by atoms with Crippen LogP contribution in [-0.2, 0) is 0 Å². The number of halogens is 2. The van der Waals surface area contributed by atoms with Gasteiger partial charge in [-0.15, -0.1) is 11.3 Å². The van der Waals surface area contributed by atoms with Gasteiger partial charge in [-0.05, 0) is 51.0 Å². The number of nitrogens with one attached hydrogen (secondary N) is 2. The average molecular weight is 473 g/mol. The Kier molecular flexibility index (Phi) is 6.16. The molecule has 2 aliphatic rings. The minimum absolute atomic E-state index is 0.0342. The average Bonchev–Trinajstić information content (AvgIpc) is 3.34. The molecule has 2 fully saturated rings. The Balaban J connectivity index is 1.53. The highest BCUT2D eigenvalue weighted by Gasteiger charge is 2.32. The van der Waals surface area contributed by atoms with Crippen LogP contribution < -0.4 is 10.6 Å². The third-order valence-electron chi connectivity index (χ3n) is 6.44. The van der Waals surface area contributed by atoms with Crippen LogP contribution in [0.25, 0.3) is 20.8 Å². The Labute approximate surface area is 196 Å². The van der Waals surface area contributed by atoms with E-state index in [4.69, 9.17) is 15.0 Å². The van der Waals surface area contributed by atoms with Gasteiger partial charge in [0.15, 0.2) is 0 Å². The number of anilines is 2. The van der Waals surface area contributed by atoms with Gasteiger partial charge in [0.05, 0.1) is 21.7 Å². The summed E-state index contributed by atoms with van der Waals surface area (Å²) >= 11 is 1.61. The van der Waals surface area contributed by atoms with Crippen LogP contribution in [0.2, 0.25) is 0 Å². The molecule has 2 aliphatic carbocycles. The predicted molar refractivity (Wildman–Crippen MR) is 129 cm³/mol. The fourth-order valence-corrected chi connectivity index (χ4v) is 5.58. The molecule has 2 atom stereocenters. The Morgan fingerprint density at radius 3 is 2.64 bits per heavy atom. The fourth-order valence-electron chi connectivity index (χ4n) is 4.51. The van der Waals surface area contributed by atoms with E-state index >= 15 is 0 Å². The van der Waals surface area contributed by atoms with Crippen molar-refractivity contribution in [2.45, 2.75) is 71.3 Å². The second kappa shape index (κ2) is 9.08. The normalized spacial score (nSPS) is 20.8. The van der Waals surface area contributed by atoms with Crippen LogP contribution in [0.5, 0.6) is 0 Å². The SMILES string of the molecule is Cc1nc(NCC(C)C)nc(NC2CCC(C(F)F)C2)c1-c1nc2c(C3CC3)nccc2s1. The lowest BCUT2D eigenvalue weighted by atomic mass is 10.1. The molecule has 0 amide bonds. The molecule has 6 nitrogen and oxygen atoms in total. The van der Waals surface area contributed by atoms with E-state index in [0.717, 1.165) is 51.6 Å². The maximum Gasteiger partial charge on any atom is 0.241 e. The molecule has 3 aromatic heterocycles. The van der Waals surface area contributed by atoms with Crippen molar-refractivity contribution < 1.29 is 8.78 Å². The van der Waals surface area contributed by atoms with E-state index in [1.807, 2.05) is 19.2 Å². The number of thiazole rings is 1. The van der Waals surface area contributed by atoms with E-state index in [1.54, 1.807) is 11.3 Å². The topological polar surface area (TPSA) is 75.6 Å². The molecule has 0 spiro atoms. The molecule has 3 heterocycles. The Morgan fingerprint density at radius 2 is 1.94 bits per heavy atom. The number of rotatable bonds is 8. The number of aryl methyl sites for hydroxylation is 1. The molecule has 2 unspecified atom stereocenters. The van der Waals surface area contributed by atoms with Crippen LogP contribution >= 0.6 is 11.3 Å². The van der Waals surface area contributed by atoms with Crippen molar-refractivity contribution in [3.63, 3.8) is 0 Å². The second-order valence-corrected chi connectivity index (χ2v) is 10.7. The first-order valence-electron chi connectivity index (χ1n) is 11.8. The quantitative estimate of drug-likeness (QED) is 0.404. The first-order valence-corrected chi connectivity index (χ1v) is 12.6. The highest BCUT2D eigenvalue weighted by molar-refractivity contribution is 7.21. The summed E-state index contributed by atoms with van der Waals surface area (Å²) in [6.45, 7) is 6.98. The van der Waals surface area contributed by atoms with Crippen LogP contribution in [0.15, 0.2) is 12.3 Å². The van der Waals surface area contributed by atoms with Gasteiger partial charge < -0.3 is 10.6 Å². The number of fused-ring (bicyclic) bond motifs is 1. The van der Waals surface area contributed by atoms with Crippen molar-refractivity contribution in [3.8, 4) is 10.6 Å². The Bertz CT molecular complexity index is 1140. The molecule has 3 aromatic rings. The molecule has 9 heteroatoms. The van der Waals surface area contributed by atoms with Crippen molar-refractivity contribution >= 4 is 33.3 Å². The monoisotopic (exact) mass is 472 g/mol. The molecule has 0 saturated heterocycles. The summed E-state index contributed by atoms with van der Waals surface area (Å²) < 4.78 is 27.6. The van der Waals surface area contributed by atoms with E-state index in [9.17, 15) is 8.78 Å². The lowest BCUT2D eigenvalue weighted by molar-refractivity contribution is 0.0803. The van der Waals surface area contributed by atoms with E-state index in [-0.39, 0.29) is 6.04 Å².